The normalized spacial score (nSPS) is 24.4. The van der Waals surface area contributed by atoms with Crippen LogP contribution in [0.4, 0.5) is 0 Å². The molecule has 0 spiro atoms. The molecule has 2 atom stereocenters. The zero-order valence-corrected chi connectivity index (χ0v) is 11.4. The Morgan fingerprint density at radius 1 is 1.44 bits per heavy atom. The third-order valence-corrected chi connectivity index (χ3v) is 4.01. The lowest BCUT2D eigenvalue weighted by atomic mass is 9.78. The zero-order valence-electron chi connectivity index (χ0n) is 11.4. The van der Waals surface area contributed by atoms with E-state index in [-0.39, 0.29) is 5.92 Å². The maximum absolute atomic E-state index is 12.0. The quantitative estimate of drug-likeness (QED) is 0.806. The van der Waals surface area contributed by atoms with Crippen LogP contribution in [0.25, 0.3) is 0 Å². The Labute approximate surface area is 109 Å². The molecule has 0 aliphatic heterocycles. The SMILES string of the molecule is CCCn1ncnc1CC1CC(CC)CCC1=O. The van der Waals surface area contributed by atoms with Gasteiger partial charge >= 0.3 is 0 Å². The molecule has 0 radical (unpaired) electrons. The minimum absolute atomic E-state index is 0.170. The van der Waals surface area contributed by atoms with Crippen molar-refractivity contribution in [3.8, 4) is 0 Å². The Bertz CT molecular complexity index is 399. The van der Waals surface area contributed by atoms with Crippen LogP contribution in [-0.2, 0) is 17.8 Å². The number of aryl methyl sites for hydroxylation is 1. The molecule has 1 aromatic rings. The Kier molecular flexibility index (Phi) is 4.50. The van der Waals surface area contributed by atoms with Gasteiger partial charge in [0.1, 0.15) is 17.9 Å². The number of Topliss-reactive ketones (excluding diaryl/α,β-unsaturated/α-hetero) is 1. The maximum Gasteiger partial charge on any atom is 0.138 e. The standard InChI is InChI=1S/C14H23N3O/c1-3-7-17-14(15-10-16-17)9-12-8-11(4-2)5-6-13(12)18/h10-12H,3-9H2,1-2H3. The second-order valence-electron chi connectivity index (χ2n) is 5.32. The molecule has 0 saturated heterocycles. The Balaban J connectivity index is 2.02. The van der Waals surface area contributed by atoms with E-state index in [2.05, 4.69) is 23.9 Å². The summed E-state index contributed by atoms with van der Waals surface area (Å²) in [4.78, 5) is 16.3. The fourth-order valence-corrected chi connectivity index (χ4v) is 2.84. The molecule has 0 amide bonds. The number of rotatable bonds is 5. The average Bonchev–Trinajstić information content (AvgIpc) is 2.80. The predicted octanol–water partition coefficient (Wildman–Crippen LogP) is 2.63. The summed E-state index contributed by atoms with van der Waals surface area (Å²) in [5.41, 5.74) is 0. The number of aromatic nitrogens is 3. The minimum atomic E-state index is 0.170. The van der Waals surface area contributed by atoms with E-state index in [0.717, 1.165) is 50.4 Å². The molecule has 0 bridgehead atoms. The smallest absolute Gasteiger partial charge is 0.138 e. The lowest BCUT2D eigenvalue weighted by Gasteiger charge is -2.27. The van der Waals surface area contributed by atoms with Crippen molar-refractivity contribution in [3.05, 3.63) is 12.2 Å². The molecular formula is C14H23N3O. The van der Waals surface area contributed by atoms with E-state index in [1.54, 1.807) is 6.33 Å². The number of ketones is 1. The van der Waals surface area contributed by atoms with Crippen molar-refractivity contribution in [2.24, 2.45) is 11.8 Å². The van der Waals surface area contributed by atoms with Crippen LogP contribution in [0, 0.1) is 11.8 Å². The van der Waals surface area contributed by atoms with Gasteiger partial charge in [0.15, 0.2) is 0 Å². The van der Waals surface area contributed by atoms with Gasteiger partial charge in [0.25, 0.3) is 0 Å². The molecule has 1 aromatic heterocycles. The first-order valence-electron chi connectivity index (χ1n) is 7.14. The number of hydrogen-bond acceptors (Lipinski definition) is 3. The number of hydrogen-bond donors (Lipinski definition) is 0. The van der Waals surface area contributed by atoms with Crippen molar-refractivity contribution in [1.82, 2.24) is 14.8 Å². The molecule has 2 unspecified atom stereocenters. The summed E-state index contributed by atoms with van der Waals surface area (Å²) in [7, 11) is 0. The van der Waals surface area contributed by atoms with Crippen LogP contribution in [-0.4, -0.2) is 20.5 Å². The van der Waals surface area contributed by atoms with Crippen molar-refractivity contribution in [2.75, 3.05) is 0 Å². The first-order chi connectivity index (χ1) is 8.74. The van der Waals surface area contributed by atoms with Crippen LogP contribution in [0.3, 0.4) is 0 Å². The van der Waals surface area contributed by atoms with Gasteiger partial charge in [-0.1, -0.05) is 20.3 Å². The third-order valence-electron chi connectivity index (χ3n) is 4.01. The summed E-state index contributed by atoms with van der Waals surface area (Å²) in [5, 5.41) is 4.23. The topological polar surface area (TPSA) is 47.8 Å². The molecule has 4 heteroatoms. The minimum Gasteiger partial charge on any atom is -0.299 e. The van der Waals surface area contributed by atoms with E-state index in [4.69, 9.17) is 0 Å². The van der Waals surface area contributed by atoms with Gasteiger partial charge in [0.2, 0.25) is 0 Å². The summed E-state index contributed by atoms with van der Waals surface area (Å²) in [5.74, 6) is 2.29. The van der Waals surface area contributed by atoms with Crippen molar-refractivity contribution >= 4 is 5.78 Å². The van der Waals surface area contributed by atoms with Crippen molar-refractivity contribution in [3.63, 3.8) is 0 Å². The summed E-state index contributed by atoms with van der Waals surface area (Å²) in [6.45, 7) is 5.24. The molecule has 1 aliphatic carbocycles. The first kappa shape index (κ1) is 13.2. The van der Waals surface area contributed by atoms with Crippen molar-refractivity contribution in [1.29, 1.82) is 0 Å². The molecule has 1 heterocycles. The second kappa shape index (κ2) is 6.12. The van der Waals surface area contributed by atoms with Crippen LogP contribution in [0.5, 0.6) is 0 Å². The number of carbonyl (C=O) groups excluding carboxylic acids is 1. The first-order valence-corrected chi connectivity index (χ1v) is 7.14. The van der Waals surface area contributed by atoms with Gasteiger partial charge in [0, 0.05) is 25.3 Å². The highest BCUT2D eigenvalue weighted by molar-refractivity contribution is 5.81. The lowest BCUT2D eigenvalue weighted by Crippen LogP contribution is -2.27. The largest absolute Gasteiger partial charge is 0.299 e. The van der Waals surface area contributed by atoms with Crippen LogP contribution in [0.15, 0.2) is 6.33 Å². The average molecular weight is 249 g/mol. The molecule has 2 rings (SSSR count). The number of carbonyl (C=O) groups is 1. The zero-order chi connectivity index (χ0) is 13.0. The fourth-order valence-electron chi connectivity index (χ4n) is 2.84. The van der Waals surface area contributed by atoms with E-state index in [1.807, 2.05) is 4.68 Å². The van der Waals surface area contributed by atoms with Gasteiger partial charge in [-0.3, -0.25) is 9.48 Å². The molecule has 100 valence electrons. The molecule has 1 fully saturated rings. The van der Waals surface area contributed by atoms with Gasteiger partial charge in [-0.05, 0) is 25.2 Å². The van der Waals surface area contributed by atoms with Gasteiger partial charge in [-0.25, -0.2) is 4.98 Å². The predicted molar refractivity (Wildman–Crippen MR) is 70.1 cm³/mol. The molecule has 0 aromatic carbocycles. The van der Waals surface area contributed by atoms with E-state index in [9.17, 15) is 4.79 Å². The lowest BCUT2D eigenvalue weighted by molar-refractivity contribution is -0.125. The molecule has 1 aliphatic rings. The summed E-state index contributed by atoms with van der Waals surface area (Å²) in [6.07, 6.45) is 7.48. The number of nitrogens with zero attached hydrogens (tertiary/aromatic N) is 3. The van der Waals surface area contributed by atoms with E-state index in [1.165, 1.54) is 6.42 Å². The van der Waals surface area contributed by atoms with Gasteiger partial charge < -0.3 is 0 Å². The molecule has 0 N–H and O–H groups in total. The Hall–Kier alpha value is -1.19. The highest BCUT2D eigenvalue weighted by atomic mass is 16.1. The van der Waals surface area contributed by atoms with E-state index >= 15 is 0 Å². The Morgan fingerprint density at radius 3 is 3.00 bits per heavy atom. The molecule has 1 saturated carbocycles. The highest BCUT2D eigenvalue weighted by Crippen LogP contribution is 2.30. The summed E-state index contributed by atoms with van der Waals surface area (Å²) < 4.78 is 1.95. The van der Waals surface area contributed by atoms with Crippen LogP contribution in [0.2, 0.25) is 0 Å². The van der Waals surface area contributed by atoms with Crippen LogP contribution >= 0.6 is 0 Å². The van der Waals surface area contributed by atoms with E-state index in [0.29, 0.717) is 5.78 Å². The second-order valence-corrected chi connectivity index (χ2v) is 5.32. The molecule has 18 heavy (non-hydrogen) atoms. The third kappa shape index (κ3) is 2.98. The molecular weight excluding hydrogens is 226 g/mol. The summed E-state index contributed by atoms with van der Waals surface area (Å²) >= 11 is 0. The molecule has 4 nitrogen and oxygen atoms in total. The van der Waals surface area contributed by atoms with Crippen molar-refractivity contribution in [2.45, 2.75) is 58.9 Å². The summed E-state index contributed by atoms with van der Waals surface area (Å²) in [6, 6.07) is 0. The highest BCUT2D eigenvalue weighted by Gasteiger charge is 2.29. The van der Waals surface area contributed by atoms with Gasteiger partial charge in [-0.15, -0.1) is 0 Å². The van der Waals surface area contributed by atoms with Crippen LogP contribution in [0.1, 0.15) is 51.8 Å². The fraction of sp³-hybridized carbons (Fsp3) is 0.786. The van der Waals surface area contributed by atoms with Crippen molar-refractivity contribution < 1.29 is 4.79 Å². The Morgan fingerprint density at radius 2 is 2.28 bits per heavy atom. The van der Waals surface area contributed by atoms with E-state index < -0.39 is 0 Å². The maximum atomic E-state index is 12.0. The van der Waals surface area contributed by atoms with Gasteiger partial charge in [0.05, 0.1) is 0 Å². The monoisotopic (exact) mass is 249 g/mol. The van der Waals surface area contributed by atoms with Crippen LogP contribution < -0.4 is 0 Å². The van der Waals surface area contributed by atoms with Gasteiger partial charge in [-0.2, -0.15) is 5.10 Å².